The number of nitrogens with one attached hydrogen (secondary N) is 3. The highest BCUT2D eigenvalue weighted by Crippen LogP contribution is 2.15. The Hall–Kier alpha value is -2.83. The second kappa shape index (κ2) is 11.2. The summed E-state index contributed by atoms with van der Waals surface area (Å²) in [7, 11) is 0. The van der Waals surface area contributed by atoms with Gasteiger partial charge in [-0.3, -0.25) is 4.79 Å². The van der Waals surface area contributed by atoms with Crippen LogP contribution in [0.4, 0.5) is 5.69 Å². The topological polar surface area (TPSA) is 91.5 Å². The average molecular weight is 400 g/mol. The zero-order valence-corrected chi connectivity index (χ0v) is 18.1. The van der Waals surface area contributed by atoms with Gasteiger partial charge in [0, 0.05) is 24.2 Å². The fourth-order valence-electron chi connectivity index (χ4n) is 2.57. The summed E-state index contributed by atoms with van der Waals surface area (Å²) in [6.07, 6.45) is 0.817. The average Bonchev–Trinajstić information content (AvgIpc) is 3.19. The molecule has 0 radical (unpaired) electrons. The zero-order valence-electron chi connectivity index (χ0n) is 18.1. The molecule has 2 aromatic rings. The molecule has 0 saturated heterocycles. The van der Waals surface area contributed by atoms with Gasteiger partial charge in [-0.1, -0.05) is 45.0 Å². The van der Waals surface area contributed by atoms with Crippen LogP contribution in [-0.4, -0.2) is 23.6 Å². The summed E-state index contributed by atoms with van der Waals surface area (Å²) in [5.41, 5.74) is 2.76. The quantitative estimate of drug-likeness (QED) is 0.437. The summed E-state index contributed by atoms with van der Waals surface area (Å²) in [4.78, 5) is 16.7. The molecule has 2 rings (SSSR count). The van der Waals surface area contributed by atoms with Crippen molar-refractivity contribution < 1.29 is 9.32 Å². The molecule has 29 heavy (non-hydrogen) atoms. The van der Waals surface area contributed by atoms with Crippen molar-refractivity contribution in [3.63, 3.8) is 0 Å². The smallest absolute Gasteiger partial charge is 0.227 e. The van der Waals surface area contributed by atoms with Gasteiger partial charge in [0.1, 0.15) is 0 Å². The van der Waals surface area contributed by atoms with E-state index in [-0.39, 0.29) is 11.8 Å². The summed E-state index contributed by atoms with van der Waals surface area (Å²) >= 11 is 0. The predicted molar refractivity (Wildman–Crippen MR) is 117 cm³/mol. The number of amides is 1. The molecule has 1 heterocycles. The lowest BCUT2D eigenvalue weighted by Crippen LogP contribution is -2.36. The number of hydrogen-bond donors (Lipinski definition) is 3. The van der Waals surface area contributed by atoms with Crippen LogP contribution in [0.2, 0.25) is 0 Å². The molecule has 1 aromatic heterocycles. The van der Waals surface area contributed by atoms with E-state index in [0.717, 1.165) is 35.7 Å². The van der Waals surface area contributed by atoms with Crippen molar-refractivity contribution in [1.82, 2.24) is 15.8 Å². The van der Waals surface area contributed by atoms with Gasteiger partial charge >= 0.3 is 0 Å². The molecular weight excluding hydrogens is 366 g/mol. The van der Waals surface area contributed by atoms with Gasteiger partial charge in [-0.2, -0.15) is 0 Å². The van der Waals surface area contributed by atoms with Crippen molar-refractivity contribution in [2.45, 2.75) is 60.0 Å². The van der Waals surface area contributed by atoms with E-state index in [2.05, 4.69) is 39.9 Å². The van der Waals surface area contributed by atoms with Crippen LogP contribution >= 0.6 is 0 Å². The molecule has 0 fully saturated rings. The van der Waals surface area contributed by atoms with Gasteiger partial charge in [-0.25, -0.2) is 4.99 Å². The van der Waals surface area contributed by atoms with E-state index in [1.54, 1.807) is 0 Å². The monoisotopic (exact) mass is 399 g/mol. The van der Waals surface area contributed by atoms with Crippen LogP contribution in [0.5, 0.6) is 0 Å². The molecule has 1 unspecified atom stereocenters. The van der Waals surface area contributed by atoms with Gasteiger partial charge in [0.05, 0.1) is 18.8 Å². The van der Waals surface area contributed by atoms with Crippen LogP contribution in [0.3, 0.4) is 0 Å². The molecule has 0 aliphatic heterocycles. The van der Waals surface area contributed by atoms with Crippen molar-refractivity contribution >= 4 is 17.6 Å². The van der Waals surface area contributed by atoms with E-state index in [1.807, 2.05) is 51.1 Å². The zero-order chi connectivity index (χ0) is 21.2. The molecule has 0 spiro atoms. The van der Waals surface area contributed by atoms with E-state index >= 15 is 0 Å². The van der Waals surface area contributed by atoms with Crippen LogP contribution in [0.1, 0.15) is 64.0 Å². The molecule has 1 atom stereocenters. The number of nitrogens with zero attached hydrogens (tertiary/aromatic N) is 2. The second-order valence-corrected chi connectivity index (χ2v) is 7.42. The Balaban J connectivity index is 1.98. The molecule has 7 heteroatoms. The maximum Gasteiger partial charge on any atom is 0.227 e. The minimum absolute atomic E-state index is 0.00599. The standard InChI is InChI=1S/C22H33N5O2/c1-6-16(5)21(28)26-18-10-8-9-17(11-18)13-24-22(23-7-2)25-14-19-12-20(15(3)4)27-29-19/h8-12,15-16H,6-7,13-14H2,1-5H3,(H,26,28)(H2,23,24,25). The molecule has 1 amide bonds. The van der Waals surface area contributed by atoms with Crippen LogP contribution < -0.4 is 16.0 Å². The number of benzene rings is 1. The fraction of sp³-hybridized carbons (Fsp3) is 0.500. The number of guanidine groups is 1. The molecule has 158 valence electrons. The van der Waals surface area contributed by atoms with Crippen molar-refractivity contribution in [3.05, 3.63) is 47.3 Å². The molecule has 7 nitrogen and oxygen atoms in total. The molecule has 3 N–H and O–H groups in total. The summed E-state index contributed by atoms with van der Waals surface area (Å²) in [6, 6.07) is 9.74. The van der Waals surface area contributed by atoms with E-state index in [4.69, 9.17) is 4.52 Å². The Morgan fingerprint density at radius 2 is 1.97 bits per heavy atom. The number of carbonyl (C=O) groups is 1. The van der Waals surface area contributed by atoms with Crippen molar-refractivity contribution in [2.24, 2.45) is 10.9 Å². The van der Waals surface area contributed by atoms with Crippen LogP contribution in [0.15, 0.2) is 39.8 Å². The van der Waals surface area contributed by atoms with Crippen LogP contribution in [0, 0.1) is 5.92 Å². The number of carbonyl (C=O) groups excluding carboxylic acids is 1. The summed E-state index contributed by atoms with van der Waals surface area (Å²) < 4.78 is 5.36. The number of aromatic nitrogens is 1. The number of aliphatic imine (C=N–C) groups is 1. The van der Waals surface area contributed by atoms with Gasteiger partial charge in [0.25, 0.3) is 0 Å². The highest BCUT2D eigenvalue weighted by atomic mass is 16.5. The van der Waals surface area contributed by atoms with Gasteiger partial charge in [-0.15, -0.1) is 0 Å². The Labute approximate surface area is 173 Å². The molecule has 0 aliphatic carbocycles. The minimum atomic E-state index is -0.00599. The second-order valence-electron chi connectivity index (χ2n) is 7.42. The minimum Gasteiger partial charge on any atom is -0.359 e. The lowest BCUT2D eigenvalue weighted by atomic mass is 10.1. The number of hydrogen-bond acceptors (Lipinski definition) is 4. The lowest BCUT2D eigenvalue weighted by molar-refractivity contribution is -0.119. The van der Waals surface area contributed by atoms with Gasteiger partial charge in [-0.05, 0) is 37.0 Å². The molecular formula is C22H33N5O2. The normalized spacial score (nSPS) is 12.7. The highest BCUT2D eigenvalue weighted by Gasteiger charge is 2.11. The molecule has 0 aliphatic rings. The first-order chi connectivity index (χ1) is 13.9. The molecule has 0 bridgehead atoms. The van der Waals surface area contributed by atoms with E-state index < -0.39 is 0 Å². The summed E-state index contributed by atoms with van der Waals surface area (Å²) in [5, 5.41) is 13.5. The maximum absolute atomic E-state index is 12.1. The SMILES string of the molecule is CCNC(=NCc1cccc(NC(=O)C(C)CC)c1)NCc1cc(C(C)C)no1. The van der Waals surface area contributed by atoms with Crippen molar-refractivity contribution in [1.29, 1.82) is 0 Å². The lowest BCUT2D eigenvalue weighted by Gasteiger charge is -2.12. The Morgan fingerprint density at radius 1 is 1.17 bits per heavy atom. The van der Waals surface area contributed by atoms with Gasteiger partial charge < -0.3 is 20.5 Å². The summed E-state index contributed by atoms with van der Waals surface area (Å²) in [6.45, 7) is 11.9. The third kappa shape index (κ3) is 7.25. The first-order valence-electron chi connectivity index (χ1n) is 10.3. The first kappa shape index (κ1) is 22.5. The van der Waals surface area contributed by atoms with Crippen LogP contribution in [0.25, 0.3) is 0 Å². The van der Waals surface area contributed by atoms with Gasteiger partial charge in [0.2, 0.25) is 5.91 Å². The van der Waals surface area contributed by atoms with Crippen molar-refractivity contribution in [2.75, 3.05) is 11.9 Å². The summed E-state index contributed by atoms with van der Waals surface area (Å²) in [5.74, 6) is 1.84. The van der Waals surface area contributed by atoms with Gasteiger partial charge in [0.15, 0.2) is 11.7 Å². The third-order valence-electron chi connectivity index (χ3n) is 4.62. The molecule has 1 aromatic carbocycles. The number of anilines is 1. The Kier molecular flexibility index (Phi) is 8.70. The van der Waals surface area contributed by atoms with E-state index in [9.17, 15) is 4.79 Å². The van der Waals surface area contributed by atoms with E-state index in [1.165, 1.54) is 0 Å². The van der Waals surface area contributed by atoms with Crippen LogP contribution in [-0.2, 0) is 17.9 Å². The van der Waals surface area contributed by atoms with Crippen molar-refractivity contribution in [3.8, 4) is 0 Å². The first-order valence-corrected chi connectivity index (χ1v) is 10.3. The molecule has 0 saturated carbocycles. The fourth-order valence-corrected chi connectivity index (χ4v) is 2.57. The largest absolute Gasteiger partial charge is 0.359 e. The number of rotatable bonds is 9. The third-order valence-corrected chi connectivity index (χ3v) is 4.62. The predicted octanol–water partition coefficient (Wildman–Crippen LogP) is 4.04. The maximum atomic E-state index is 12.1. The Bertz CT molecular complexity index is 813. The van der Waals surface area contributed by atoms with E-state index in [0.29, 0.717) is 25.0 Å². The Morgan fingerprint density at radius 3 is 2.62 bits per heavy atom. The highest BCUT2D eigenvalue weighted by molar-refractivity contribution is 5.92.